The Morgan fingerprint density at radius 1 is 1.15 bits per heavy atom. The second-order valence-corrected chi connectivity index (χ2v) is 4.29. The van der Waals surface area contributed by atoms with Gasteiger partial charge in [0.15, 0.2) is 0 Å². The Hall–Kier alpha value is 0.270. The first-order valence-electron chi connectivity index (χ1n) is 5.19. The molecule has 0 aromatic heterocycles. The van der Waals surface area contributed by atoms with Crippen LogP contribution < -0.4 is 5.32 Å². The molecule has 13 heavy (non-hydrogen) atoms. The lowest BCUT2D eigenvalue weighted by atomic mass is 10.3. The van der Waals surface area contributed by atoms with Gasteiger partial charge >= 0.3 is 0 Å². The molecule has 0 bridgehead atoms. The van der Waals surface area contributed by atoms with Crippen LogP contribution in [0, 0.1) is 0 Å². The van der Waals surface area contributed by atoms with Crippen molar-refractivity contribution in [1.82, 2.24) is 5.32 Å². The average Bonchev–Trinajstić information content (AvgIpc) is 2.16. The molecule has 0 aliphatic heterocycles. The summed E-state index contributed by atoms with van der Waals surface area (Å²) in [5.74, 6) is 2.64. The molecule has 0 aliphatic carbocycles. The summed E-state index contributed by atoms with van der Waals surface area (Å²) >= 11 is 2.07. The molecular weight excluding hydrogens is 182 g/mol. The van der Waals surface area contributed by atoms with E-state index in [0.29, 0.717) is 0 Å². The number of methoxy groups -OCH3 is 1. The normalized spacial score (nSPS) is 10.6. The van der Waals surface area contributed by atoms with Gasteiger partial charge in [0.05, 0.1) is 6.61 Å². The molecule has 0 aromatic rings. The third-order valence-electron chi connectivity index (χ3n) is 1.72. The molecule has 0 aromatic carbocycles. The molecule has 2 nitrogen and oxygen atoms in total. The SMILES string of the molecule is CCCSCCCCNCCOC. The van der Waals surface area contributed by atoms with Gasteiger partial charge in [0.25, 0.3) is 0 Å². The smallest absolute Gasteiger partial charge is 0.0587 e. The van der Waals surface area contributed by atoms with E-state index in [0.717, 1.165) is 19.7 Å². The topological polar surface area (TPSA) is 21.3 Å². The highest BCUT2D eigenvalue weighted by Crippen LogP contribution is 2.04. The zero-order chi connectivity index (χ0) is 9.78. The molecule has 3 heteroatoms. The third kappa shape index (κ3) is 12.3. The largest absolute Gasteiger partial charge is 0.383 e. The number of nitrogens with one attached hydrogen (secondary N) is 1. The maximum atomic E-state index is 4.93. The minimum Gasteiger partial charge on any atom is -0.383 e. The minimum atomic E-state index is 0.824. The van der Waals surface area contributed by atoms with Crippen LogP contribution in [0.2, 0.25) is 0 Å². The highest BCUT2D eigenvalue weighted by molar-refractivity contribution is 7.99. The quantitative estimate of drug-likeness (QED) is 0.552. The van der Waals surface area contributed by atoms with Crippen LogP contribution in [0.15, 0.2) is 0 Å². The summed E-state index contributed by atoms with van der Waals surface area (Å²) in [4.78, 5) is 0. The standard InChI is InChI=1S/C10H23NOS/c1-3-9-13-10-5-4-6-11-7-8-12-2/h11H,3-10H2,1-2H3. The summed E-state index contributed by atoms with van der Waals surface area (Å²) in [6, 6.07) is 0. The van der Waals surface area contributed by atoms with E-state index in [1.165, 1.54) is 30.8 Å². The van der Waals surface area contributed by atoms with Gasteiger partial charge in [-0.1, -0.05) is 6.92 Å². The van der Waals surface area contributed by atoms with Gasteiger partial charge in [0.1, 0.15) is 0 Å². The Bertz CT molecular complexity index is 81.0. The molecule has 0 saturated carbocycles. The van der Waals surface area contributed by atoms with Gasteiger partial charge in [-0.3, -0.25) is 0 Å². The van der Waals surface area contributed by atoms with E-state index in [4.69, 9.17) is 4.74 Å². The van der Waals surface area contributed by atoms with Crippen LogP contribution in [0.25, 0.3) is 0 Å². The van der Waals surface area contributed by atoms with Crippen LogP contribution in [0.3, 0.4) is 0 Å². The number of ether oxygens (including phenoxy) is 1. The van der Waals surface area contributed by atoms with Crippen molar-refractivity contribution in [1.29, 1.82) is 0 Å². The molecule has 0 radical (unpaired) electrons. The van der Waals surface area contributed by atoms with Crippen molar-refractivity contribution in [3.63, 3.8) is 0 Å². The van der Waals surface area contributed by atoms with Crippen LogP contribution >= 0.6 is 11.8 Å². The number of thioether (sulfide) groups is 1. The van der Waals surface area contributed by atoms with E-state index in [-0.39, 0.29) is 0 Å². The second kappa shape index (κ2) is 12.3. The lowest BCUT2D eigenvalue weighted by molar-refractivity contribution is 0.199. The number of hydrogen-bond acceptors (Lipinski definition) is 3. The molecule has 0 fully saturated rings. The van der Waals surface area contributed by atoms with Crippen molar-refractivity contribution in [2.45, 2.75) is 26.2 Å². The van der Waals surface area contributed by atoms with Crippen molar-refractivity contribution in [2.24, 2.45) is 0 Å². The van der Waals surface area contributed by atoms with Crippen LogP contribution in [-0.2, 0) is 4.74 Å². The maximum absolute atomic E-state index is 4.93. The maximum Gasteiger partial charge on any atom is 0.0587 e. The van der Waals surface area contributed by atoms with Crippen LogP contribution in [0.1, 0.15) is 26.2 Å². The van der Waals surface area contributed by atoms with Crippen molar-refractivity contribution in [3.05, 3.63) is 0 Å². The fourth-order valence-corrected chi connectivity index (χ4v) is 1.90. The van der Waals surface area contributed by atoms with Gasteiger partial charge in [0, 0.05) is 13.7 Å². The summed E-state index contributed by atoms with van der Waals surface area (Å²) in [6.07, 6.45) is 3.93. The van der Waals surface area contributed by atoms with Gasteiger partial charge in [-0.15, -0.1) is 0 Å². The third-order valence-corrected chi connectivity index (χ3v) is 3.00. The summed E-state index contributed by atoms with van der Waals surface area (Å²) in [7, 11) is 1.74. The fourth-order valence-electron chi connectivity index (χ4n) is 1.000. The summed E-state index contributed by atoms with van der Waals surface area (Å²) in [5, 5.41) is 3.34. The molecule has 1 N–H and O–H groups in total. The zero-order valence-corrected chi connectivity index (χ0v) is 9.79. The number of unbranched alkanes of at least 4 members (excludes halogenated alkanes) is 1. The Labute approximate surface area is 86.8 Å². The first-order chi connectivity index (χ1) is 6.41. The Morgan fingerprint density at radius 3 is 2.69 bits per heavy atom. The summed E-state index contributed by atoms with van der Waals surface area (Å²) < 4.78 is 4.93. The van der Waals surface area contributed by atoms with Gasteiger partial charge in [-0.2, -0.15) is 11.8 Å². The lowest BCUT2D eigenvalue weighted by Crippen LogP contribution is -2.20. The minimum absolute atomic E-state index is 0.824. The molecule has 0 saturated heterocycles. The van der Waals surface area contributed by atoms with E-state index in [1.807, 2.05) is 0 Å². The highest BCUT2D eigenvalue weighted by atomic mass is 32.2. The van der Waals surface area contributed by atoms with Gasteiger partial charge in [-0.25, -0.2) is 0 Å². The molecule has 0 heterocycles. The van der Waals surface area contributed by atoms with Crippen molar-refractivity contribution in [3.8, 4) is 0 Å². The van der Waals surface area contributed by atoms with E-state index >= 15 is 0 Å². The lowest BCUT2D eigenvalue weighted by Gasteiger charge is -2.03. The number of rotatable bonds is 10. The van der Waals surface area contributed by atoms with Crippen molar-refractivity contribution < 1.29 is 4.74 Å². The van der Waals surface area contributed by atoms with E-state index in [2.05, 4.69) is 24.0 Å². The van der Waals surface area contributed by atoms with Crippen molar-refractivity contribution >= 4 is 11.8 Å². The summed E-state index contributed by atoms with van der Waals surface area (Å²) in [6.45, 7) is 5.18. The Morgan fingerprint density at radius 2 is 2.00 bits per heavy atom. The molecule has 0 atom stereocenters. The van der Waals surface area contributed by atoms with Crippen LogP contribution in [0.5, 0.6) is 0 Å². The highest BCUT2D eigenvalue weighted by Gasteiger charge is 1.89. The van der Waals surface area contributed by atoms with Gasteiger partial charge < -0.3 is 10.1 Å². The average molecular weight is 205 g/mol. The predicted molar refractivity (Wildman–Crippen MR) is 61.6 cm³/mol. The van der Waals surface area contributed by atoms with E-state index in [1.54, 1.807) is 7.11 Å². The second-order valence-electron chi connectivity index (χ2n) is 3.06. The first-order valence-corrected chi connectivity index (χ1v) is 6.34. The Kier molecular flexibility index (Phi) is 12.5. The molecule has 0 amide bonds. The molecule has 80 valence electrons. The molecule has 0 aliphatic rings. The van der Waals surface area contributed by atoms with Gasteiger partial charge in [0.2, 0.25) is 0 Å². The van der Waals surface area contributed by atoms with E-state index in [9.17, 15) is 0 Å². The monoisotopic (exact) mass is 205 g/mol. The summed E-state index contributed by atoms with van der Waals surface area (Å²) in [5.41, 5.74) is 0. The molecule has 0 unspecified atom stereocenters. The molecule has 0 rings (SSSR count). The zero-order valence-electron chi connectivity index (χ0n) is 8.97. The van der Waals surface area contributed by atoms with Crippen LogP contribution in [0.4, 0.5) is 0 Å². The van der Waals surface area contributed by atoms with E-state index < -0.39 is 0 Å². The van der Waals surface area contributed by atoms with Crippen LogP contribution in [-0.4, -0.2) is 38.3 Å². The fraction of sp³-hybridized carbons (Fsp3) is 1.00. The predicted octanol–water partition coefficient (Wildman–Crippen LogP) is 2.15. The molecular formula is C10H23NOS. The first kappa shape index (κ1) is 13.3. The van der Waals surface area contributed by atoms with Crippen molar-refractivity contribution in [2.75, 3.05) is 38.3 Å². The molecule has 0 spiro atoms. The van der Waals surface area contributed by atoms with Gasteiger partial charge in [-0.05, 0) is 37.3 Å². The Balaban J connectivity index is 2.76. The number of hydrogen-bond donors (Lipinski definition) is 1.